The zero-order valence-electron chi connectivity index (χ0n) is 8.32. The van der Waals surface area contributed by atoms with E-state index in [1.165, 1.54) is 11.3 Å². The van der Waals surface area contributed by atoms with Crippen molar-refractivity contribution in [1.82, 2.24) is 10.3 Å². The predicted octanol–water partition coefficient (Wildman–Crippen LogP) is 1.30. The number of carbonyl (C=O) groups excluding carboxylic acids is 1. The molecule has 1 heterocycles. The number of carbonyl (C=O) groups is 1. The minimum atomic E-state index is -0.141. The van der Waals surface area contributed by atoms with Crippen molar-refractivity contribution < 1.29 is 9.53 Å². The van der Waals surface area contributed by atoms with Crippen molar-refractivity contribution in [2.24, 2.45) is 0 Å². The van der Waals surface area contributed by atoms with E-state index in [0.29, 0.717) is 18.8 Å². The average molecular weight is 214 g/mol. The molecular weight excluding hydrogens is 200 g/mol. The van der Waals surface area contributed by atoms with Gasteiger partial charge in [-0.25, -0.2) is 4.98 Å². The average Bonchev–Trinajstić information content (AvgIpc) is 2.67. The maximum Gasteiger partial charge on any atom is 0.270 e. The fourth-order valence-corrected chi connectivity index (χ4v) is 1.53. The fraction of sp³-hybridized carbons (Fsp3) is 0.556. The van der Waals surface area contributed by atoms with Crippen LogP contribution in [0.3, 0.4) is 0 Å². The lowest BCUT2D eigenvalue weighted by molar-refractivity contribution is 0.0693. The summed E-state index contributed by atoms with van der Waals surface area (Å²) in [4.78, 5) is 15.3. The van der Waals surface area contributed by atoms with E-state index in [2.05, 4.69) is 10.3 Å². The van der Waals surface area contributed by atoms with Crippen molar-refractivity contribution in [3.05, 3.63) is 16.6 Å². The van der Waals surface area contributed by atoms with Crippen molar-refractivity contribution in [1.29, 1.82) is 0 Å². The molecule has 0 radical (unpaired) electrons. The topological polar surface area (TPSA) is 51.2 Å². The highest BCUT2D eigenvalue weighted by molar-refractivity contribution is 7.07. The van der Waals surface area contributed by atoms with E-state index < -0.39 is 0 Å². The van der Waals surface area contributed by atoms with Crippen LogP contribution < -0.4 is 5.32 Å². The van der Waals surface area contributed by atoms with Gasteiger partial charge in [-0.05, 0) is 13.8 Å². The highest BCUT2D eigenvalue weighted by Crippen LogP contribution is 2.00. The number of hydrogen-bond acceptors (Lipinski definition) is 4. The van der Waals surface area contributed by atoms with Crippen LogP contribution in [-0.2, 0) is 4.74 Å². The van der Waals surface area contributed by atoms with Crippen molar-refractivity contribution in [3.63, 3.8) is 0 Å². The Kier molecular flexibility index (Phi) is 4.55. The highest BCUT2D eigenvalue weighted by Gasteiger charge is 2.08. The summed E-state index contributed by atoms with van der Waals surface area (Å²) in [6, 6.07) is 0. The van der Waals surface area contributed by atoms with Crippen LogP contribution in [0, 0.1) is 0 Å². The molecule has 1 unspecified atom stereocenters. The number of thiazole rings is 1. The van der Waals surface area contributed by atoms with Crippen molar-refractivity contribution in [2.45, 2.75) is 20.0 Å². The molecule has 0 spiro atoms. The van der Waals surface area contributed by atoms with Crippen LogP contribution in [0.25, 0.3) is 0 Å². The van der Waals surface area contributed by atoms with Crippen molar-refractivity contribution in [2.75, 3.05) is 13.2 Å². The van der Waals surface area contributed by atoms with Crippen LogP contribution in [0.15, 0.2) is 10.9 Å². The lowest BCUT2D eigenvalue weighted by Crippen LogP contribution is -2.32. The third kappa shape index (κ3) is 3.43. The fourth-order valence-electron chi connectivity index (χ4n) is 0.995. The molecule has 0 bridgehead atoms. The van der Waals surface area contributed by atoms with Crippen LogP contribution >= 0.6 is 11.3 Å². The van der Waals surface area contributed by atoms with Gasteiger partial charge in [0.05, 0.1) is 11.6 Å². The number of ether oxygens (including phenoxy) is 1. The van der Waals surface area contributed by atoms with Gasteiger partial charge in [-0.3, -0.25) is 4.79 Å². The summed E-state index contributed by atoms with van der Waals surface area (Å²) in [6.07, 6.45) is 0.0441. The Morgan fingerprint density at radius 2 is 2.57 bits per heavy atom. The van der Waals surface area contributed by atoms with Gasteiger partial charge in [-0.2, -0.15) is 0 Å². The monoisotopic (exact) mass is 214 g/mol. The summed E-state index contributed by atoms with van der Waals surface area (Å²) in [5, 5.41) is 4.47. The summed E-state index contributed by atoms with van der Waals surface area (Å²) >= 11 is 1.41. The molecule has 4 nitrogen and oxygen atoms in total. The largest absolute Gasteiger partial charge is 0.377 e. The number of aromatic nitrogens is 1. The van der Waals surface area contributed by atoms with E-state index in [4.69, 9.17) is 4.74 Å². The molecule has 1 atom stereocenters. The van der Waals surface area contributed by atoms with E-state index in [1.807, 2.05) is 13.8 Å². The summed E-state index contributed by atoms with van der Waals surface area (Å²) in [6.45, 7) is 5.03. The highest BCUT2D eigenvalue weighted by atomic mass is 32.1. The molecule has 1 amide bonds. The van der Waals surface area contributed by atoms with Gasteiger partial charge in [-0.15, -0.1) is 11.3 Å². The molecule has 0 aromatic carbocycles. The second-order valence-electron chi connectivity index (χ2n) is 2.85. The molecule has 14 heavy (non-hydrogen) atoms. The van der Waals surface area contributed by atoms with Crippen LogP contribution in [0.4, 0.5) is 0 Å². The Bertz CT molecular complexity index is 274. The molecule has 78 valence electrons. The van der Waals surface area contributed by atoms with Gasteiger partial charge in [0.2, 0.25) is 0 Å². The molecule has 1 N–H and O–H groups in total. The number of nitrogens with zero attached hydrogens (tertiary/aromatic N) is 1. The summed E-state index contributed by atoms with van der Waals surface area (Å²) < 4.78 is 5.28. The Balaban J connectivity index is 2.28. The molecule has 1 aromatic rings. The Labute approximate surface area is 87.3 Å². The SMILES string of the molecule is CCOC(C)CNC(=O)c1cscn1. The molecule has 1 rings (SSSR count). The van der Waals surface area contributed by atoms with E-state index in [-0.39, 0.29) is 12.0 Å². The minimum Gasteiger partial charge on any atom is -0.377 e. The molecule has 0 aliphatic heterocycles. The molecule has 0 aliphatic rings. The van der Waals surface area contributed by atoms with E-state index in [0.717, 1.165) is 0 Å². The van der Waals surface area contributed by atoms with Gasteiger partial charge in [0.1, 0.15) is 5.69 Å². The maximum absolute atomic E-state index is 11.4. The maximum atomic E-state index is 11.4. The predicted molar refractivity (Wildman–Crippen MR) is 55.5 cm³/mol. The first-order valence-electron chi connectivity index (χ1n) is 4.52. The van der Waals surface area contributed by atoms with Crippen LogP contribution in [-0.4, -0.2) is 30.1 Å². The number of nitrogens with one attached hydrogen (secondary N) is 1. The number of amides is 1. The molecule has 0 saturated heterocycles. The van der Waals surface area contributed by atoms with Gasteiger partial charge in [0.25, 0.3) is 5.91 Å². The van der Waals surface area contributed by atoms with Crippen LogP contribution in [0.5, 0.6) is 0 Å². The lowest BCUT2D eigenvalue weighted by Gasteiger charge is -2.11. The molecular formula is C9H14N2O2S. The van der Waals surface area contributed by atoms with E-state index in [9.17, 15) is 4.79 Å². The first-order valence-corrected chi connectivity index (χ1v) is 5.46. The van der Waals surface area contributed by atoms with Crippen molar-refractivity contribution >= 4 is 17.2 Å². The summed E-state index contributed by atoms with van der Waals surface area (Å²) in [5.74, 6) is -0.141. The smallest absolute Gasteiger partial charge is 0.270 e. The quantitative estimate of drug-likeness (QED) is 0.803. The van der Waals surface area contributed by atoms with Crippen LogP contribution in [0.1, 0.15) is 24.3 Å². The standard InChI is InChI=1S/C9H14N2O2S/c1-3-13-7(2)4-10-9(12)8-5-14-6-11-8/h5-7H,3-4H2,1-2H3,(H,10,12). The van der Waals surface area contributed by atoms with Gasteiger partial charge in [0, 0.05) is 18.5 Å². The summed E-state index contributed by atoms with van der Waals surface area (Å²) in [5.41, 5.74) is 2.11. The number of hydrogen-bond donors (Lipinski definition) is 1. The molecule has 5 heteroatoms. The normalized spacial score (nSPS) is 12.4. The number of rotatable bonds is 5. The first kappa shape index (κ1) is 11.1. The first-order chi connectivity index (χ1) is 6.74. The molecule has 1 aromatic heterocycles. The zero-order chi connectivity index (χ0) is 10.4. The van der Waals surface area contributed by atoms with E-state index >= 15 is 0 Å². The van der Waals surface area contributed by atoms with E-state index in [1.54, 1.807) is 10.9 Å². The molecule has 0 saturated carbocycles. The van der Waals surface area contributed by atoms with Gasteiger partial charge < -0.3 is 10.1 Å². The minimum absolute atomic E-state index is 0.0441. The Morgan fingerprint density at radius 1 is 1.79 bits per heavy atom. The van der Waals surface area contributed by atoms with Crippen molar-refractivity contribution in [3.8, 4) is 0 Å². The second kappa shape index (κ2) is 5.72. The lowest BCUT2D eigenvalue weighted by atomic mass is 10.3. The Hall–Kier alpha value is -0.940. The van der Waals surface area contributed by atoms with Gasteiger partial charge in [0.15, 0.2) is 0 Å². The third-order valence-corrected chi connectivity index (χ3v) is 2.25. The Morgan fingerprint density at radius 3 is 3.14 bits per heavy atom. The van der Waals surface area contributed by atoms with Crippen LogP contribution in [0.2, 0.25) is 0 Å². The van der Waals surface area contributed by atoms with Gasteiger partial charge in [-0.1, -0.05) is 0 Å². The molecule has 0 aliphatic carbocycles. The molecule has 0 fully saturated rings. The third-order valence-electron chi connectivity index (χ3n) is 1.67. The second-order valence-corrected chi connectivity index (χ2v) is 3.57. The summed E-state index contributed by atoms with van der Waals surface area (Å²) in [7, 11) is 0. The zero-order valence-corrected chi connectivity index (χ0v) is 9.13. The van der Waals surface area contributed by atoms with Gasteiger partial charge >= 0.3 is 0 Å².